The van der Waals surface area contributed by atoms with Crippen molar-refractivity contribution in [2.75, 3.05) is 11.2 Å². The topological polar surface area (TPSA) is 41.6 Å². The van der Waals surface area contributed by atoms with E-state index in [1.165, 1.54) is 0 Å². The molecule has 24 heavy (non-hydrogen) atoms. The van der Waals surface area contributed by atoms with E-state index in [0.29, 0.717) is 6.42 Å². The first-order valence-corrected chi connectivity index (χ1v) is 9.76. The summed E-state index contributed by atoms with van der Waals surface area (Å²) in [5, 5.41) is 3.13. The number of nitrogens with one attached hydrogen (secondary N) is 1. The Bertz CT molecular complexity index is 828. The van der Waals surface area contributed by atoms with Crippen LogP contribution in [0.3, 0.4) is 0 Å². The zero-order chi connectivity index (χ0) is 16.9. The smallest absolute Gasteiger partial charge is 0.325 e. The number of urea groups is 1. The van der Waals surface area contributed by atoms with Gasteiger partial charge in [0.05, 0.1) is 11.7 Å². The quantitative estimate of drug-likeness (QED) is 0.720. The summed E-state index contributed by atoms with van der Waals surface area (Å²) in [5.74, 6) is 0.823. The second-order valence-electron chi connectivity index (χ2n) is 6.17. The van der Waals surface area contributed by atoms with E-state index >= 15 is 0 Å². The van der Waals surface area contributed by atoms with Crippen molar-refractivity contribution in [3.8, 4) is 5.75 Å². The Labute approximate surface area is 153 Å². The number of carbonyl (C=O) groups is 1. The van der Waals surface area contributed by atoms with Crippen LogP contribution in [-0.2, 0) is 0 Å². The van der Waals surface area contributed by atoms with Crippen LogP contribution in [0.25, 0.3) is 0 Å². The van der Waals surface area contributed by atoms with Crippen molar-refractivity contribution in [2.24, 2.45) is 0 Å². The molecular formula is C18H17BrN2O2S. The number of hydrogen-bond acceptors (Lipinski definition) is 3. The van der Waals surface area contributed by atoms with Gasteiger partial charge in [-0.3, -0.25) is 4.90 Å². The molecule has 6 heteroatoms. The number of carbonyl (C=O) groups excluding carboxylic acids is 1. The molecule has 1 fully saturated rings. The lowest BCUT2D eigenvalue weighted by Gasteiger charge is -2.50. The SMILES string of the molecule is CSc1ccccc1N1C(=O)NC2CC1(C)Oc1ccc(Br)cc12. The number of thioether (sulfide) groups is 1. The van der Waals surface area contributed by atoms with Gasteiger partial charge >= 0.3 is 6.03 Å². The van der Waals surface area contributed by atoms with Crippen molar-refractivity contribution < 1.29 is 9.53 Å². The molecule has 2 aromatic rings. The number of ether oxygens (including phenoxy) is 1. The standard InChI is InChI=1S/C18H17BrN2O2S/c1-18-10-13(12-9-11(19)7-8-15(12)23-18)20-17(22)21(18)14-5-3-4-6-16(14)24-2/h3-9,13H,10H2,1-2H3,(H,20,22). The Balaban J connectivity index is 1.82. The fourth-order valence-electron chi connectivity index (χ4n) is 3.52. The fourth-order valence-corrected chi connectivity index (χ4v) is 4.49. The lowest BCUT2D eigenvalue weighted by molar-refractivity contribution is 0.0375. The maximum absolute atomic E-state index is 12.9. The van der Waals surface area contributed by atoms with Crippen LogP contribution in [0.1, 0.15) is 24.9 Å². The number of fused-ring (bicyclic) bond motifs is 4. The van der Waals surface area contributed by atoms with Gasteiger partial charge in [-0.25, -0.2) is 4.79 Å². The minimum atomic E-state index is -0.709. The van der Waals surface area contributed by atoms with Gasteiger partial charge in [-0.05, 0) is 43.5 Å². The highest BCUT2D eigenvalue weighted by Gasteiger charge is 2.50. The second kappa shape index (κ2) is 5.70. The fraction of sp³-hybridized carbons (Fsp3) is 0.278. The molecule has 0 aliphatic carbocycles. The van der Waals surface area contributed by atoms with Crippen molar-refractivity contribution in [3.05, 3.63) is 52.5 Å². The molecule has 2 unspecified atom stereocenters. The molecule has 0 saturated carbocycles. The first-order chi connectivity index (χ1) is 11.5. The van der Waals surface area contributed by atoms with E-state index in [4.69, 9.17) is 4.74 Å². The van der Waals surface area contributed by atoms with Crippen LogP contribution in [0.2, 0.25) is 0 Å². The maximum Gasteiger partial charge on any atom is 0.325 e. The van der Waals surface area contributed by atoms with Gasteiger partial charge in [0.2, 0.25) is 0 Å². The highest BCUT2D eigenvalue weighted by molar-refractivity contribution is 9.10. The molecule has 0 spiro atoms. The number of rotatable bonds is 2. The molecule has 4 rings (SSSR count). The maximum atomic E-state index is 12.9. The third-order valence-electron chi connectivity index (χ3n) is 4.56. The van der Waals surface area contributed by atoms with E-state index in [1.807, 2.05) is 55.6 Å². The van der Waals surface area contributed by atoms with E-state index in [-0.39, 0.29) is 12.1 Å². The van der Waals surface area contributed by atoms with Gasteiger partial charge in [0, 0.05) is 21.4 Å². The van der Waals surface area contributed by atoms with Gasteiger partial charge in [-0.2, -0.15) is 0 Å². The average molecular weight is 405 g/mol. The normalized spacial score (nSPS) is 24.9. The largest absolute Gasteiger partial charge is 0.467 e. The molecule has 1 saturated heterocycles. The van der Waals surface area contributed by atoms with Crippen LogP contribution in [0.4, 0.5) is 10.5 Å². The number of halogens is 1. The summed E-state index contributed by atoms with van der Waals surface area (Å²) < 4.78 is 7.30. The summed E-state index contributed by atoms with van der Waals surface area (Å²) in [5.41, 5.74) is 1.19. The predicted octanol–water partition coefficient (Wildman–Crippen LogP) is 4.94. The predicted molar refractivity (Wildman–Crippen MR) is 99.8 cm³/mol. The first kappa shape index (κ1) is 15.8. The van der Waals surface area contributed by atoms with E-state index in [0.717, 1.165) is 26.4 Å². The van der Waals surface area contributed by atoms with Gasteiger partial charge in [0.15, 0.2) is 5.72 Å². The first-order valence-electron chi connectivity index (χ1n) is 7.74. The van der Waals surface area contributed by atoms with Crippen LogP contribution in [0, 0.1) is 0 Å². The highest BCUT2D eigenvalue weighted by Crippen LogP contribution is 2.47. The van der Waals surface area contributed by atoms with Gasteiger partial charge < -0.3 is 10.1 Å². The Morgan fingerprint density at radius 2 is 2.12 bits per heavy atom. The Morgan fingerprint density at radius 3 is 2.92 bits per heavy atom. The second-order valence-corrected chi connectivity index (χ2v) is 7.94. The summed E-state index contributed by atoms with van der Waals surface area (Å²) in [4.78, 5) is 15.7. The van der Waals surface area contributed by atoms with Gasteiger partial charge in [0.25, 0.3) is 0 Å². The zero-order valence-electron chi connectivity index (χ0n) is 13.4. The number of benzene rings is 2. The molecule has 4 nitrogen and oxygen atoms in total. The van der Waals surface area contributed by atoms with Crippen molar-refractivity contribution in [1.82, 2.24) is 5.32 Å². The molecule has 124 valence electrons. The van der Waals surface area contributed by atoms with Crippen LogP contribution in [0.15, 0.2) is 51.8 Å². The Kier molecular flexibility index (Phi) is 3.77. The van der Waals surface area contributed by atoms with Crippen LogP contribution in [-0.4, -0.2) is 18.0 Å². The summed E-state index contributed by atoms with van der Waals surface area (Å²) in [6.07, 6.45) is 2.71. The summed E-state index contributed by atoms with van der Waals surface area (Å²) in [6, 6.07) is 13.7. The minimum Gasteiger partial charge on any atom is -0.467 e. The van der Waals surface area contributed by atoms with Crippen LogP contribution < -0.4 is 15.0 Å². The zero-order valence-corrected chi connectivity index (χ0v) is 15.8. The van der Waals surface area contributed by atoms with Crippen LogP contribution in [0.5, 0.6) is 5.75 Å². The average Bonchev–Trinajstić information content (AvgIpc) is 2.55. The molecule has 0 aromatic heterocycles. The van der Waals surface area contributed by atoms with Gasteiger partial charge in [0.1, 0.15) is 5.75 Å². The van der Waals surface area contributed by atoms with Gasteiger partial charge in [-0.1, -0.05) is 28.1 Å². The molecule has 2 aliphatic rings. The molecule has 2 heterocycles. The van der Waals surface area contributed by atoms with E-state index in [1.54, 1.807) is 16.7 Å². The van der Waals surface area contributed by atoms with Crippen molar-refractivity contribution in [3.63, 3.8) is 0 Å². The van der Waals surface area contributed by atoms with Crippen molar-refractivity contribution in [2.45, 2.75) is 30.0 Å². The molecule has 0 radical (unpaired) electrons. The molecule has 2 aliphatic heterocycles. The molecule has 2 bridgehead atoms. The third-order valence-corrected chi connectivity index (χ3v) is 5.84. The monoisotopic (exact) mass is 404 g/mol. The molecule has 2 atom stereocenters. The minimum absolute atomic E-state index is 0.0403. The van der Waals surface area contributed by atoms with E-state index < -0.39 is 5.72 Å². The molecule has 2 amide bonds. The number of amides is 2. The van der Waals surface area contributed by atoms with E-state index in [2.05, 4.69) is 21.2 Å². The summed E-state index contributed by atoms with van der Waals surface area (Å²) in [6.45, 7) is 1.99. The molecule has 2 aromatic carbocycles. The van der Waals surface area contributed by atoms with Crippen molar-refractivity contribution >= 4 is 39.4 Å². The highest BCUT2D eigenvalue weighted by atomic mass is 79.9. The third kappa shape index (κ3) is 2.40. The number of anilines is 1. The number of hydrogen-bond donors (Lipinski definition) is 1. The van der Waals surface area contributed by atoms with Gasteiger partial charge in [-0.15, -0.1) is 11.8 Å². The lowest BCUT2D eigenvalue weighted by atomic mass is 9.90. The Morgan fingerprint density at radius 1 is 1.33 bits per heavy atom. The van der Waals surface area contributed by atoms with E-state index in [9.17, 15) is 4.79 Å². The summed E-state index contributed by atoms with van der Waals surface area (Å²) in [7, 11) is 0. The summed E-state index contributed by atoms with van der Waals surface area (Å²) >= 11 is 5.12. The molecular weight excluding hydrogens is 388 g/mol. The van der Waals surface area contributed by atoms with Crippen molar-refractivity contribution in [1.29, 1.82) is 0 Å². The number of para-hydroxylation sites is 1. The molecule has 1 N–H and O–H groups in total. The van der Waals surface area contributed by atoms with Crippen LogP contribution >= 0.6 is 27.7 Å². The number of nitrogens with zero attached hydrogens (tertiary/aromatic N) is 1. The Hall–Kier alpha value is -1.66. The lowest BCUT2D eigenvalue weighted by Crippen LogP contribution is -2.65.